The van der Waals surface area contributed by atoms with E-state index < -0.39 is 0 Å². The zero-order valence-corrected chi connectivity index (χ0v) is 15.3. The standard InChI is InChI=1S/C23H20N4O/c1-3-10-19(11-4-1)18-28-22-16-8-7-12-20(22)15-9-17-27-23(24-25-26-27)21-13-5-2-6-14-21/h1-14,16-17H,15,18H2/b17-9-. The van der Waals surface area contributed by atoms with Gasteiger partial charge in [-0.25, -0.2) is 4.68 Å². The molecular formula is C23H20N4O. The molecule has 0 aliphatic rings. The van der Waals surface area contributed by atoms with Crippen LogP contribution in [0.3, 0.4) is 0 Å². The third-order valence-electron chi connectivity index (χ3n) is 4.32. The molecule has 28 heavy (non-hydrogen) atoms. The Labute approximate surface area is 163 Å². The van der Waals surface area contributed by atoms with E-state index in [4.69, 9.17) is 4.74 Å². The first-order valence-electron chi connectivity index (χ1n) is 9.15. The maximum absolute atomic E-state index is 6.02. The van der Waals surface area contributed by atoms with Crippen LogP contribution in [0.4, 0.5) is 0 Å². The van der Waals surface area contributed by atoms with Gasteiger partial charge in [-0.1, -0.05) is 84.9 Å². The second-order valence-corrected chi connectivity index (χ2v) is 6.28. The van der Waals surface area contributed by atoms with Crippen LogP contribution in [0.15, 0.2) is 91.0 Å². The zero-order valence-electron chi connectivity index (χ0n) is 15.3. The number of aromatic nitrogens is 4. The Hall–Kier alpha value is -3.73. The quantitative estimate of drug-likeness (QED) is 0.477. The lowest BCUT2D eigenvalue weighted by Gasteiger charge is -2.10. The number of rotatable bonds is 7. The van der Waals surface area contributed by atoms with Crippen molar-refractivity contribution in [1.82, 2.24) is 20.2 Å². The molecule has 0 bridgehead atoms. The lowest BCUT2D eigenvalue weighted by atomic mass is 10.1. The van der Waals surface area contributed by atoms with E-state index in [1.54, 1.807) is 4.68 Å². The minimum atomic E-state index is 0.548. The second-order valence-electron chi connectivity index (χ2n) is 6.28. The zero-order chi connectivity index (χ0) is 19.0. The molecule has 5 heteroatoms. The van der Waals surface area contributed by atoms with E-state index in [1.807, 2.05) is 79.0 Å². The van der Waals surface area contributed by atoms with Crippen LogP contribution in [-0.2, 0) is 13.0 Å². The van der Waals surface area contributed by atoms with Crippen molar-refractivity contribution >= 4 is 6.20 Å². The molecule has 0 saturated heterocycles. The van der Waals surface area contributed by atoms with Crippen molar-refractivity contribution in [3.63, 3.8) is 0 Å². The van der Waals surface area contributed by atoms with E-state index in [-0.39, 0.29) is 0 Å². The summed E-state index contributed by atoms with van der Waals surface area (Å²) in [5.41, 5.74) is 3.24. The average Bonchev–Trinajstić information content (AvgIpc) is 3.23. The van der Waals surface area contributed by atoms with E-state index in [2.05, 4.69) is 33.7 Å². The van der Waals surface area contributed by atoms with Crippen molar-refractivity contribution in [3.05, 3.63) is 102 Å². The first-order valence-corrected chi connectivity index (χ1v) is 9.15. The van der Waals surface area contributed by atoms with Crippen LogP contribution in [0.5, 0.6) is 5.75 Å². The van der Waals surface area contributed by atoms with Gasteiger partial charge in [-0.3, -0.25) is 0 Å². The summed E-state index contributed by atoms with van der Waals surface area (Å²) in [5, 5.41) is 12.0. The number of hydrogen-bond acceptors (Lipinski definition) is 4. The van der Waals surface area contributed by atoms with Crippen LogP contribution >= 0.6 is 0 Å². The SMILES string of the molecule is C(=C/n1nnnc1-c1ccccc1)/Cc1ccccc1OCc1ccccc1. The third-order valence-corrected chi connectivity index (χ3v) is 4.32. The Kier molecular flexibility index (Phi) is 5.54. The lowest BCUT2D eigenvalue weighted by Crippen LogP contribution is -1.98. The summed E-state index contributed by atoms with van der Waals surface area (Å²) in [6.07, 6.45) is 4.64. The van der Waals surface area contributed by atoms with Gasteiger partial charge < -0.3 is 4.74 Å². The first kappa shape index (κ1) is 17.7. The molecule has 0 unspecified atom stereocenters. The van der Waals surface area contributed by atoms with Crippen molar-refractivity contribution in [1.29, 1.82) is 0 Å². The summed E-state index contributed by atoms with van der Waals surface area (Å²) in [4.78, 5) is 0. The number of hydrogen-bond donors (Lipinski definition) is 0. The van der Waals surface area contributed by atoms with Crippen LogP contribution in [0.1, 0.15) is 11.1 Å². The fourth-order valence-electron chi connectivity index (χ4n) is 2.90. The predicted molar refractivity (Wildman–Crippen MR) is 110 cm³/mol. The van der Waals surface area contributed by atoms with Crippen LogP contribution in [0.2, 0.25) is 0 Å². The number of tetrazole rings is 1. The van der Waals surface area contributed by atoms with Crippen LogP contribution in [0, 0.1) is 0 Å². The van der Waals surface area contributed by atoms with E-state index in [9.17, 15) is 0 Å². The minimum absolute atomic E-state index is 0.548. The molecule has 1 heterocycles. The topological polar surface area (TPSA) is 52.8 Å². The van der Waals surface area contributed by atoms with Gasteiger partial charge in [0.15, 0.2) is 5.82 Å². The van der Waals surface area contributed by atoms with Gasteiger partial charge >= 0.3 is 0 Å². The smallest absolute Gasteiger partial charge is 0.186 e. The Morgan fingerprint density at radius 1 is 0.821 bits per heavy atom. The molecule has 0 radical (unpaired) electrons. The molecule has 0 atom stereocenters. The van der Waals surface area contributed by atoms with Crippen molar-refractivity contribution in [2.24, 2.45) is 0 Å². The molecule has 4 aromatic rings. The van der Waals surface area contributed by atoms with Gasteiger partial charge in [0.2, 0.25) is 0 Å². The van der Waals surface area contributed by atoms with E-state index in [0.717, 1.165) is 28.9 Å². The molecule has 0 spiro atoms. The number of allylic oxidation sites excluding steroid dienone is 1. The molecule has 0 saturated carbocycles. The second kappa shape index (κ2) is 8.77. The molecule has 4 rings (SSSR count). The maximum atomic E-state index is 6.02. The van der Waals surface area contributed by atoms with Gasteiger partial charge in [0.05, 0.1) is 0 Å². The largest absolute Gasteiger partial charge is 0.489 e. The predicted octanol–water partition coefficient (Wildman–Crippen LogP) is 4.63. The summed E-state index contributed by atoms with van der Waals surface area (Å²) < 4.78 is 7.71. The minimum Gasteiger partial charge on any atom is -0.489 e. The highest BCUT2D eigenvalue weighted by atomic mass is 16.5. The van der Waals surface area contributed by atoms with Crippen LogP contribution in [-0.4, -0.2) is 20.2 Å². The highest BCUT2D eigenvalue weighted by Crippen LogP contribution is 2.21. The van der Waals surface area contributed by atoms with Crippen molar-refractivity contribution in [2.45, 2.75) is 13.0 Å². The third kappa shape index (κ3) is 4.32. The maximum Gasteiger partial charge on any atom is 0.186 e. The molecule has 0 aliphatic heterocycles. The summed E-state index contributed by atoms with van der Waals surface area (Å²) in [6, 6.07) is 28.1. The Morgan fingerprint density at radius 3 is 2.36 bits per heavy atom. The summed E-state index contributed by atoms with van der Waals surface area (Å²) >= 11 is 0. The van der Waals surface area contributed by atoms with Crippen molar-refractivity contribution in [2.75, 3.05) is 0 Å². The average molecular weight is 368 g/mol. The number of para-hydroxylation sites is 1. The number of nitrogens with zero attached hydrogens (tertiary/aromatic N) is 4. The molecule has 138 valence electrons. The molecular weight excluding hydrogens is 348 g/mol. The Morgan fingerprint density at radius 2 is 1.54 bits per heavy atom. The number of ether oxygens (including phenoxy) is 1. The van der Waals surface area contributed by atoms with Crippen molar-refractivity contribution in [3.8, 4) is 17.1 Å². The summed E-state index contributed by atoms with van der Waals surface area (Å²) in [5.74, 6) is 1.60. The summed E-state index contributed by atoms with van der Waals surface area (Å²) in [6.45, 7) is 0.548. The molecule has 1 aromatic heterocycles. The van der Waals surface area contributed by atoms with E-state index >= 15 is 0 Å². The van der Waals surface area contributed by atoms with Gasteiger partial charge in [-0.05, 0) is 34.0 Å². The normalized spacial score (nSPS) is 11.0. The van der Waals surface area contributed by atoms with E-state index in [1.165, 1.54) is 0 Å². The molecule has 0 aliphatic carbocycles. The Bertz CT molecular complexity index is 1040. The highest BCUT2D eigenvalue weighted by Gasteiger charge is 2.06. The molecule has 5 nitrogen and oxygen atoms in total. The van der Waals surface area contributed by atoms with Crippen LogP contribution < -0.4 is 4.74 Å². The lowest BCUT2D eigenvalue weighted by molar-refractivity contribution is 0.303. The molecule has 0 amide bonds. The van der Waals surface area contributed by atoms with Gasteiger partial charge in [0.25, 0.3) is 0 Å². The van der Waals surface area contributed by atoms with Gasteiger partial charge in [0, 0.05) is 11.8 Å². The molecule has 0 N–H and O–H groups in total. The highest BCUT2D eigenvalue weighted by molar-refractivity contribution is 5.56. The van der Waals surface area contributed by atoms with E-state index in [0.29, 0.717) is 12.4 Å². The molecule has 3 aromatic carbocycles. The fourth-order valence-corrected chi connectivity index (χ4v) is 2.90. The van der Waals surface area contributed by atoms with Gasteiger partial charge in [0.1, 0.15) is 12.4 Å². The summed E-state index contributed by atoms with van der Waals surface area (Å²) in [7, 11) is 0. The van der Waals surface area contributed by atoms with Crippen LogP contribution in [0.25, 0.3) is 17.6 Å². The van der Waals surface area contributed by atoms with Gasteiger partial charge in [-0.15, -0.1) is 5.10 Å². The Balaban J connectivity index is 1.45. The monoisotopic (exact) mass is 368 g/mol. The van der Waals surface area contributed by atoms with Gasteiger partial charge in [-0.2, -0.15) is 0 Å². The van der Waals surface area contributed by atoms with Crippen molar-refractivity contribution < 1.29 is 4.74 Å². The fraction of sp³-hybridized carbons (Fsp3) is 0.0870. The molecule has 0 fully saturated rings. The number of benzene rings is 3. The first-order chi connectivity index (χ1) is 13.9.